The number of amides is 1. The van der Waals surface area contributed by atoms with Gasteiger partial charge < -0.3 is 19.1 Å². The first-order valence-corrected chi connectivity index (χ1v) is 9.27. The van der Waals surface area contributed by atoms with Crippen LogP contribution in [-0.4, -0.2) is 55.7 Å². The summed E-state index contributed by atoms with van der Waals surface area (Å²) < 4.78 is 15.4. The third-order valence-corrected chi connectivity index (χ3v) is 4.54. The molecule has 7 nitrogen and oxygen atoms in total. The molecule has 0 radical (unpaired) electrons. The average molecular weight is 398 g/mol. The zero-order chi connectivity index (χ0) is 19.8. The number of halogens is 1. The molecule has 1 aliphatic rings. The topological polar surface area (TPSA) is 82.1 Å². The summed E-state index contributed by atoms with van der Waals surface area (Å²) in [7, 11) is 0. The minimum absolute atomic E-state index is 0.174. The van der Waals surface area contributed by atoms with Gasteiger partial charge in [0.1, 0.15) is 5.75 Å². The SMILES string of the molecule is CCOC(=O)C1CCN(C(=O)COC(=O)COc2ccc(Cl)cc2C)CC1. The zero-order valence-corrected chi connectivity index (χ0v) is 16.3. The van der Waals surface area contributed by atoms with Crippen LogP contribution in [0.4, 0.5) is 0 Å². The molecular weight excluding hydrogens is 374 g/mol. The van der Waals surface area contributed by atoms with Crippen molar-refractivity contribution < 1.29 is 28.6 Å². The fourth-order valence-corrected chi connectivity index (χ4v) is 3.04. The van der Waals surface area contributed by atoms with Gasteiger partial charge in [0.15, 0.2) is 13.2 Å². The predicted octanol–water partition coefficient (Wildman–Crippen LogP) is 2.37. The summed E-state index contributed by atoms with van der Waals surface area (Å²) in [5.74, 6) is -0.769. The molecule has 1 heterocycles. The molecule has 1 aromatic rings. The zero-order valence-electron chi connectivity index (χ0n) is 15.5. The number of benzene rings is 1. The van der Waals surface area contributed by atoms with E-state index in [1.165, 1.54) is 0 Å². The molecule has 1 saturated heterocycles. The van der Waals surface area contributed by atoms with E-state index in [9.17, 15) is 14.4 Å². The summed E-state index contributed by atoms with van der Waals surface area (Å²) >= 11 is 5.87. The maximum atomic E-state index is 12.1. The lowest BCUT2D eigenvalue weighted by Crippen LogP contribution is -2.42. The van der Waals surface area contributed by atoms with Crippen molar-refractivity contribution >= 4 is 29.4 Å². The second-order valence-electron chi connectivity index (χ2n) is 6.27. The Balaban J connectivity index is 1.69. The second-order valence-corrected chi connectivity index (χ2v) is 6.70. The van der Waals surface area contributed by atoms with Crippen molar-refractivity contribution in [2.24, 2.45) is 5.92 Å². The summed E-state index contributed by atoms with van der Waals surface area (Å²) in [6.45, 7) is 4.19. The van der Waals surface area contributed by atoms with Crippen molar-refractivity contribution in [1.29, 1.82) is 0 Å². The first-order valence-electron chi connectivity index (χ1n) is 8.89. The number of carbonyl (C=O) groups is 3. The van der Waals surface area contributed by atoms with Crippen molar-refractivity contribution in [3.05, 3.63) is 28.8 Å². The fraction of sp³-hybridized carbons (Fsp3) is 0.526. The van der Waals surface area contributed by atoms with Gasteiger partial charge in [0.05, 0.1) is 12.5 Å². The van der Waals surface area contributed by atoms with Crippen molar-refractivity contribution in [1.82, 2.24) is 4.90 Å². The molecule has 0 N–H and O–H groups in total. The first kappa shape index (κ1) is 21.0. The molecule has 0 unspecified atom stereocenters. The molecule has 148 valence electrons. The molecule has 0 aromatic heterocycles. The number of piperidine rings is 1. The minimum Gasteiger partial charge on any atom is -0.482 e. The van der Waals surface area contributed by atoms with E-state index in [1.54, 1.807) is 30.0 Å². The van der Waals surface area contributed by atoms with Crippen molar-refractivity contribution in [3.8, 4) is 5.75 Å². The van der Waals surface area contributed by atoms with Crippen LogP contribution in [0.25, 0.3) is 0 Å². The Kier molecular flexibility index (Phi) is 7.91. The summed E-state index contributed by atoms with van der Waals surface area (Å²) in [5.41, 5.74) is 0.802. The number of carbonyl (C=O) groups excluding carboxylic acids is 3. The molecule has 2 rings (SSSR count). The number of hydrogen-bond donors (Lipinski definition) is 0. The van der Waals surface area contributed by atoms with Crippen LogP contribution in [0.5, 0.6) is 5.75 Å². The Morgan fingerprint density at radius 2 is 1.85 bits per heavy atom. The van der Waals surface area contributed by atoms with E-state index in [0.717, 1.165) is 5.56 Å². The van der Waals surface area contributed by atoms with E-state index in [2.05, 4.69) is 0 Å². The standard InChI is InChI=1S/C19H24ClNO6/c1-3-25-19(24)14-6-8-21(9-7-14)17(22)11-27-18(23)12-26-16-5-4-15(20)10-13(16)2/h4-5,10,14H,3,6-9,11-12H2,1-2H3. The number of hydrogen-bond acceptors (Lipinski definition) is 6. The maximum absolute atomic E-state index is 12.1. The van der Waals surface area contributed by atoms with Crippen molar-refractivity contribution in [2.45, 2.75) is 26.7 Å². The van der Waals surface area contributed by atoms with Gasteiger partial charge in [-0.15, -0.1) is 0 Å². The number of likely N-dealkylation sites (tertiary alicyclic amines) is 1. The maximum Gasteiger partial charge on any atom is 0.344 e. The van der Waals surface area contributed by atoms with E-state index in [-0.39, 0.29) is 31.0 Å². The van der Waals surface area contributed by atoms with Crippen LogP contribution < -0.4 is 4.74 Å². The molecule has 1 amide bonds. The van der Waals surface area contributed by atoms with Gasteiger partial charge in [0, 0.05) is 18.1 Å². The summed E-state index contributed by atoms with van der Waals surface area (Å²) in [6, 6.07) is 5.06. The third kappa shape index (κ3) is 6.43. The highest BCUT2D eigenvalue weighted by Crippen LogP contribution is 2.22. The highest BCUT2D eigenvalue weighted by molar-refractivity contribution is 6.30. The van der Waals surface area contributed by atoms with Gasteiger partial charge in [-0.1, -0.05) is 11.6 Å². The molecular formula is C19H24ClNO6. The Morgan fingerprint density at radius 3 is 2.48 bits per heavy atom. The average Bonchev–Trinajstić information content (AvgIpc) is 2.65. The van der Waals surface area contributed by atoms with E-state index in [0.29, 0.717) is 43.3 Å². The van der Waals surface area contributed by atoms with Gasteiger partial charge in [-0.25, -0.2) is 4.79 Å². The van der Waals surface area contributed by atoms with Crippen LogP contribution in [-0.2, 0) is 23.9 Å². The van der Waals surface area contributed by atoms with Crippen LogP contribution in [0.15, 0.2) is 18.2 Å². The van der Waals surface area contributed by atoms with E-state index >= 15 is 0 Å². The largest absolute Gasteiger partial charge is 0.482 e. The minimum atomic E-state index is -0.626. The number of ether oxygens (including phenoxy) is 3. The summed E-state index contributed by atoms with van der Waals surface area (Å²) in [6.07, 6.45) is 1.11. The van der Waals surface area contributed by atoms with Gasteiger partial charge in [0.2, 0.25) is 0 Å². The fourth-order valence-electron chi connectivity index (χ4n) is 2.81. The number of aryl methyl sites for hydroxylation is 1. The lowest BCUT2D eigenvalue weighted by molar-refractivity contribution is -0.155. The Hall–Kier alpha value is -2.28. The molecule has 1 fully saturated rings. The van der Waals surface area contributed by atoms with Gasteiger partial charge in [-0.2, -0.15) is 0 Å². The molecule has 27 heavy (non-hydrogen) atoms. The van der Waals surface area contributed by atoms with Crippen molar-refractivity contribution in [2.75, 3.05) is 32.9 Å². The Morgan fingerprint density at radius 1 is 1.15 bits per heavy atom. The van der Waals surface area contributed by atoms with Gasteiger partial charge in [0.25, 0.3) is 5.91 Å². The predicted molar refractivity (Wildman–Crippen MR) is 98.6 cm³/mol. The molecule has 1 aromatic carbocycles. The molecule has 0 atom stereocenters. The monoisotopic (exact) mass is 397 g/mol. The van der Waals surface area contributed by atoms with Crippen LogP contribution in [0, 0.1) is 12.8 Å². The Bertz CT molecular complexity index is 685. The number of nitrogens with zero attached hydrogens (tertiary/aromatic N) is 1. The number of rotatable bonds is 7. The summed E-state index contributed by atoms with van der Waals surface area (Å²) in [4.78, 5) is 37.2. The molecule has 0 bridgehead atoms. The van der Waals surface area contributed by atoms with Crippen LogP contribution in [0.2, 0.25) is 5.02 Å². The molecule has 0 saturated carbocycles. The first-order chi connectivity index (χ1) is 12.9. The van der Waals surface area contributed by atoms with Gasteiger partial charge >= 0.3 is 11.9 Å². The highest BCUT2D eigenvalue weighted by Gasteiger charge is 2.28. The lowest BCUT2D eigenvalue weighted by Gasteiger charge is -2.30. The molecule has 8 heteroatoms. The van der Waals surface area contributed by atoms with E-state index in [4.69, 9.17) is 25.8 Å². The molecule has 0 aliphatic carbocycles. The quantitative estimate of drug-likeness (QED) is 0.657. The third-order valence-electron chi connectivity index (χ3n) is 4.31. The summed E-state index contributed by atoms with van der Waals surface area (Å²) in [5, 5.41) is 0.583. The van der Waals surface area contributed by atoms with E-state index in [1.807, 2.05) is 6.92 Å². The van der Waals surface area contributed by atoms with Crippen LogP contribution >= 0.6 is 11.6 Å². The normalized spacial score (nSPS) is 14.6. The van der Waals surface area contributed by atoms with Gasteiger partial charge in [-0.05, 0) is 50.5 Å². The number of esters is 2. The highest BCUT2D eigenvalue weighted by atomic mass is 35.5. The lowest BCUT2D eigenvalue weighted by atomic mass is 9.97. The molecule has 1 aliphatic heterocycles. The van der Waals surface area contributed by atoms with Gasteiger partial charge in [-0.3, -0.25) is 9.59 Å². The molecule has 0 spiro atoms. The van der Waals surface area contributed by atoms with Crippen LogP contribution in [0.1, 0.15) is 25.3 Å². The second kappa shape index (κ2) is 10.2. The smallest absolute Gasteiger partial charge is 0.344 e. The Labute approximate surface area is 163 Å². The van der Waals surface area contributed by atoms with Crippen molar-refractivity contribution in [3.63, 3.8) is 0 Å². The van der Waals surface area contributed by atoms with Crippen LogP contribution in [0.3, 0.4) is 0 Å². The van der Waals surface area contributed by atoms with E-state index < -0.39 is 5.97 Å².